The van der Waals surface area contributed by atoms with Gasteiger partial charge in [-0.1, -0.05) is 12.1 Å². The molecule has 6 nitrogen and oxygen atoms in total. The third-order valence-electron chi connectivity index (χ3n) is 3.22. The van der Waals surface area contributed by atoms with E-state index in [9.17, 15) is 14.9 Å². The molecule has 2 aromatic rings. The third kappa shape index (κ3) is 3.00. The molecule has 3 N–H and O–H groups in total. The van der Waals surface area contributed by atoms with Gasteiger partial charge in [0.2, 0.25) is 0 Å². The summed E-state index contributed by atoms with van der Waals surface area (Å²) in [5, 5.41) is 13.6. The zero-order chi connectivity index (χ0) is 15.6. The quantitative estimate of drug-likeness (QED) is 0.514. The van der Waals surface area contributed by atoms with E-state index in [2.05, 4.69) is 5.32 Å². The number of nitrogens with two attached hydrogens (primary N) is 1. The summed E-state index contributed by atoms with van der Waals surface area (Å²) in [6.07, 6.45) is 0. The van der Waals surface area contributed by atoms with E-state index in [4.69, 9.17) is 5.73 Å². The first-order valence-electron chi connectivity index (χ1n) is 6.31. The van der Waals surface area contributed by atoms with Gasteiger partial charge in [-0.05, 0) is 43.2 Å². The van der Waals surface area contributed by atoms with Crippen molar-refractivity contribution in [3.05, 3.63) is 63.2 Å². The maximum atomic E-state index is 12.3. The van der Waals surface area contributed by atoms with E-state index in [0.717, 1.165) is 5.56 Å². The van der Waals surface area contributed by atoms with Crippen LogP contribution in [0.3, 0.4) is 0 Å². The van der Waals surface area contributed by atoms with E-state index < -0.39 is 10.8 Å². The maximum Gasteiger partial charge on any atom is 0.293 e. The van der Waals surface area contributed by atoms with E-state index in [1.807, 2.05) is 0 Å². The van der Waals surface area contributed by atoms with Gasteiger partial charge in [-0.3, -0.25) is 14.9 Å². The van der Waals surface area contributed by atoms with Crippen LogP contribution in [-0.4, -0.2) is 10.8 Å². The molecule has 108 valence electrons. The minimum absolute atomic E-state index is 0.134. The number of nitro benzene ring substituents is 1. The normalized spacial score (nSPS) is 10.2. The summed E-state index contributed by atoms with van der Waals surface area (Å²) in [6.45, 7) is 3.48. The van der Waals surface area contributed by atoms with E-state index in [-0.39, 0.29) is 11.4 Å². The lowest BCUT2D eigenvalue weighted by Crippen LogP contribution is -2.15. The largest absolute Gasteiger partial charge is 0.398 e. The molecule has 0 aliphatic rings. The number of benzene rings is 2. The van der Waals surface area contributed by atoms with Crippen molar-refractivity contribution in [1.82, 2.24) is 0 Å². The van der Waals surface area contributed by atoms with Gasteiger partial charge in [0.15, 0.2) is 0 Å². The van der Waals surface area contributed by atoms with Crippen LogP contribution in [0.1, 0.15) is 21.5 Å². The second kappa shape index (κ2) is 5.62. The molecule has 2 rings (SSSR count). The number of nitro groups is 1. The third-order valence-corrected chi connectivity index (χ3v) is 3.22. The molecule has 0 atom stereocenters. The number of aryl methyl sites for hydroxylation is 1. The zero-order valence-corrected chi connectivity index (χ0v) is 11.7. The second-order valence-corrected chi connectivity index (χ2v) is 4.75. The van der Waals surface area contributed by atoms with Crippen LogP contribution >= 0.6 is 0 Å². The van der Waals surface area contributed by atoms with E-state index in [1.54, 1.807) is 38.1 Å². The topological polar surface area (TPSA) is 98.3 Å². The van der Waals surface area contributed by atoms with Gasteiger partial charge < -0.3 is 11.1 Å². The van der Waals surface area contributed by atoms with E-state index >= 15 is 0 Å². The molecule has 0 aromatic heterocycles. The highest BCUT2D eigenvalue weighted by atomic mass is 16.6. The van der Waals surface area contributed by atoms with E-state index in [1.165, 1.54) is 12.1 Å². The molecule has 0 unspecified atom stereocenters. The highest BCUT2D eigenvalue weighted by Gasteiger charge is 2.18. The Kier molecular flexibility index (Phi) is 3.89. The van der Waals surface area contributed by atoms with Gasteiger partial charge in [-0.25, -0.2) is 0 Å². The van der Waals surface area contributed by atoms with Crippen molar-refractivity contribution in [2.45, 2.75) is 13.8 Å². The van der Waals surface area contributed by atoms with Crippen molar-refractivity contribution >= 4 is 23.0 Å². The van der Waals surface area contributed by atoms with Crippen LogP contribution in [0.25, 0.3) is 0 Å². The Morgan fingerprint density at radius 3 is 2.62 bits per heavy atom. The SMILES string of the molecule is Cc1ccc(NC(=O)c2cccc(N)c2C)c([N+](=O)[O-])c1. The Bertz CT molecular complexity index is 726. The van der Waals surface area contributed by atoms with E-state index in [0.29, 0.717) is 16.8 Å². The molecule has 0 saturated heterocycles. The number of rotatable bonds is 3. The van der Waals surface area contributed by atoms with Gasteiger partial charge in [0.05, 0.1) is 4.92 Å². The highest BCUT2D eigenvalue weighted by Crippen LogP contribution is 2.26. The van der Waals surface area contributed by atoms with Gasteiger partial charge in [0.1, 0.15) is 5.69 Å². The molecule has 0 fully saturated rings. The Morgan fingerprint density at radius 1 is 1.24 bits per heavy atom. The number of carbonyl (C=O) groups is 1. The minimum atomic E-state index is -0.519. The molecule has 0 aliphatic carbocycles. The summed E-state index contributed by atoms with van der Waals surface area (Å²) in [4.78, 5) is 22.8. The van der Waals surface area contributed by atoms with Crippen molar-refractivity contribution in [3.8, 4) is 0 Å². The summed E-state index contributed by atoms with van der Waals surface area (Å²) < 4.78 is 0. The van der Waals surface area contributed by atoms with Crippen molar-refractivity contribution in [2.24, 2.45) is 0 Å². The molecule has 0 radical (unpaired) electrons. The van der Waals surface area contributed by atoms with Crippen molar-refractivity contribution in [3.63, 3.8) is 0 Å². The Morgan fingerprint density at radius 2 is 1.95 bits per heavy atom. The number of nitrogens with zero attached hydrogens (tertiary/aromatic N) is 1. The fourth-order valence-corrected chi connectivity index (χ4v) is 1.99. The number of hydrogen-bond acceptors (Lipinski definition) is 4. The van der Waals surface area contributed by atoms with Crippen molar-refractivity contribution < 1.29 is 9.72 Å². The summed E-state index contributed by atoms with van der Waals surface area (Å²) in [6, 6.07) is 9.63. The Balaban J connectivity index is 2.36. The van der Waals surface area contributed by atoms with Crippen LogP contribution < -0.4 is 11.1 Å². The lowest BCUT2D eigenvalue weighted by atomic mass is 10.1. The molecule has 1 amide bonds. The average Bonchev–Trinajstić information content (AvgIpc) is 2.43. The Hall–Kier alpha value is -2.89. The Labute approximate surface area is 121 Å². The van der Waals surface area contributed by atoms with Crippen LogP contribution in [-0.2, 0) is 0 Å². The van der Waals surface area contributed by atoms with Crippen LogP contribution in [0.4, 0.5) is 17.1 Å². The number of anilines is 2. The zero-order valence-electron chi connectivity index (χ0n) is 11.7. The molecule has 0 spiro atoms. The van der Waals surface area contributed by atoms with Gasteiger partial charge in [0.25, 0.3) is 11.6 Å². The number of nitrogens with one attached hydrogen (secondary N) is 1. The molecule has 2 aromatic carbocycles. The maximum absolute atomic E-state index is 12.3. The first kappa shape index (κ1) is 14.5. The minimum Gasteiger partial charge on any atom is -0.398 e. The standard InChI is InChI=1S/C15H15N3O3/c1-9-6-7-13(14(8-9)18(20)21)17-15(19)11-4-3-5-12(16)10(11)2/h3-8H,16H2,1-2H3,(H,17,19). The summed E-state index contributed by atoms with van der Waals surface area (Å²) in [5.74, 6) is -0.424. The first-order chi connectivity index (χ1) is 9.90. The number of amides is 1. The smallest absolute Gasteiger partial charge is 0.293 e. The molecule has 0 heterocycles. The van der Waals surface area contributed by atoms with Crippen LogP contribution in [0, 0.1) is 24.0 Å². The predicted molar refractivity (Wildman–Crippen MR) is 81.4 cm³/mol. The number of carbonyl (C=O) groups excluding carboxylic acids is 1. The molecule has 0 aliphatic heterocycles. The molecular formula is C15H15N3O3. The fourth-order valence-electron chi connectivity index (χ4n) is 1.99. The number of hydrogen-bond donors (Lipinski definition) is 2. The molecule has 0 bridgehead atoms. The summed E-state index contributed by atoms with van der Waals surface area (Å²) in [7, 11) is 0. The van der Waals surface area contributed by atoms with Gasteiger partial charge in [-0.15, -0.1) is 0 Å². The number of nitrogen functional groups attached to an aromatic ring is 1. The van der Waals surface area contributed by atoms with Gasteiger partial charge >= 0.3 is 0 Å². The highest BCUT2D eigenvalue weighted by molar-refractivity contribution is 6.07. The molecular weight excluding hydrogens is 270 g/mol. The van der Waals surface area contributed by atoms with Gasteiger partial charge in [-0.2, -0.15) is 0 Å². The fraction of sp³-hybridized carbons (Fsp3) is 0.133. The lowest BCUT2D eigenvalue weighted by Gasteiger charge is -2.10. The lowest BCUT2D eigenvalue weighted by molar-refractivity contribution is -0.384. The summed E-state index contributed by atoms with van der Waals surface area (Å²) >= 11 is 0. The van der Waals surface area contributed by atoms with Crippen molar-refractivity contribution in [2.75, 3.05) is 11.1 Å². The van der Waals surface area contributed by atoms with Crippen LogP contribution in [0.5, 0.6) is 0 Å². The first-order valence-corrected chi connectivity index (χ1v) is 6.31. The molecule has 0 saturated carbocycles. The average molecular weight is 285 g/mol. The molecule has 6 heteroatoms. The second-order valence-electron chi connectivity index (χ2n) is 4.75. The van der Waals surface area contributed by atoms with Crippen molar-refractivity contribution in [1.29, 1.82) is 0 Å². The molecule has 21 heavy (non-hydrogen) atoms. The van der Waals surface area contributed by atoms with Crippen LogP contribution in [0.15, 0.2) is 36.4 Å². The summed E-state index contributed by atoms with van der Waals surface area (Å²) in [5.41, 5.74) is 8.08. The predicted octanol–water partition coefficient (Wildman–Crippen LogP) is 3.05. The monoisotopic (exact) mass is 285 g/mol. The van der Waals surface area contributed by atoms with Gasteiger partial charge in [0, 0.05) is 17.3 Å². The van der Waals surface area contributed by atoms with Crippen LogP contribution in [0.2, 0.25) is 0 Å².